The number of piperazine rings is 2. The molecule has 6 heterocycles. The van der Waals surface area contributed by atoms with E-state index in [1.165, 1.54) is 31.4 Å². The molecular formula is C57H71ClF2N10O5. The Labute approximate surface area is 444 Å². The number of imidazole rings is 2. The van der Waals surface area contributed by atoms with Gasteiger partial charge in [0.1, 0.15) is 23.0 Å². The van der Waals surface area contributed by atoms with Gasteiger partial charge in [-0.05, 0) is 138 Å². The van der Waals surface area contributed by atoms with Crippen LogP contribution in [0.15, 0.2) is 73.1 Å². The maximum absolute atomic E-state index is 14.0. The number of esters is 1. The van der Waals surface area contributed by atoms with Crippen LogP contribution in [0.2, 0.25) is 0 Å². The lowest BCUT2D eigenvalue weighted by molar-refractivity contribution is -0.171. The maximum Gasteiger partial charge on any atom is 0.311 e. The lowest BCUT2D eigenvalue weighted by Gasteiger charge is -2.54. The second kappa shape index (κ2) is 20.0. The molecule has 400 valence electrons. The normalized spacial score (nSPS) is 21.3. The summed E-state index contributed by atoms with van der Waals surface area (Å²) >= 11 is 0. The van der Waals surface area contributed by atoms with E-state index in [-0.39, 0.29) is 64.1 Å². The monoisotopic (exact) mass is 1050 g/mol. The molecule has 2 saturated heterocycles. The van der Waals surface area contributed by atoms with Crippen molar-refractivity contribution in [1.82, 2.24) is 49.2 Å². The number of benzene rings is 2. The summed E-state index contributed by atoms with van der Waals surface area (Å²) in [7, 11) is 1.44. The van der Waals surface area contributed by atoms with Crippen LogP contribution < -0.4 is 5.32 Å². The first kappa shape index (κ1) is 54.9. The second-order valence-electron chi connectivity index (χ2n) is 24.2. The van der Waals surface area contributed by atoms with Crippen LogP contribution in [-0.4, -0.2) is 125 Å². The summed E-state index contributed by atoms with van der Waals surface area (Å²) in [6.07, 6.45) is 7.54. The molecule has 5 aliphatic rings. The Morgan fingerprint density at radius 3 is 1.44 bits per heavy atom. The van der Waals surface area contributed by atoms with Gasteiger partial charge in [-0.2, -0.15) is 10.2 Å². The highest BCUT2D eigenvalue weighted by atomic mass is 35.5. The number of carbonyl (C=O) groups excluding carboxylic acids is 4. The van der Waals surface area contributed by atoms with Crippen LogP contribution in [0.25, 0.3) is 33.8 Å². The molecule has 15 nitrogen and oxygen atoms in total. The molecule has 18 heteroatoms. The number of hydrogen-bond donors (Lipinski definition) is 1. The van der Waals surface area contributed by atoms with Crippen LogP contribution in [0.4, 0.5) is 8.78 Å². The largest absolute Gasteiger partial charge is 0.469 e. The first-order valence-corrected chi connectivity index (χ1v) is 25.8. The Bertz CT molecular complexity index is 3130. The van der Waals surface area contributed by atoms with Crippen LogP contribution in [0.3, 0.4) is 0 Å². The zero-order chi connectivity index (χ0) is 53.3. The van der Waals surface area contributed by atoms with Crippen molar-refractivity contribution in [1.29, 1.82) is 0 Å². The van der Waals surface area contributed by atoms with Gasteiger partial charge < -0.3 is 24.8 Å². The van der Waals surface area contributed by atoms with Crippen LogP contribution in [-0.2, 0) is 25.2 Å². The van der Waals surface area contributed by atoms with Gasteiger partial charge in [0.25, 0.3) is 11.8 Å². The number of ether oxygens (including phenoxy) is 1. The molecule has 11 rings (SSSR count). The number of aromatic nitrogens is 6. The highest BCUT2D eigenvalue weighted by Crippen LogP contribution is 2.58. The molecule has 3 amide bonds. The van der Waals surface area contributed by atoms with Crippen LogP contribution in [0.5, 0.6) is 0 Å². The highest BCUT2D eigenvalue weighted by Gasteiger charge is 2.57. The van der Waals surface area contributed by atoms with E-state index in [0.29, 0.717) is 98.8 Å². The Morgan fingerprint density at radius 1 is 0.613 bits per heavy atom. The standard InChI is InChI=1S/C34H42FN5O4.C23H28FN5O.ClH/c1-31(2,3)24-19-25(22-7-9-23(35)10-8-22)37-40-20-26(36-27(24)40)28(41)39-18-17-38(21-32(39,4)5)29(42)33-11-14-34(15-12-33,16-13-33)30(43)44-6;1-22(2,3)17-12-18(15-6-8-16(24)9-7-15)27-29-13-19(26-20(17)29)21(30)28-11-10-25-14-23(28,4)5;/h7-10,19-20H,11-18,21H2,1-6H3;6-9,12-13,25H,10-11,14H2,1-5H3;1H. The molecule has 0 atom stereocenters. The number of fused-ring (bicyclic) bond motifs is 5. The SMILES string of the molecule is CC(C)(C)c1cc(-c2ccc(F)cc2)nn2cc(C(=O)N3CCNCC3(C)C)nc12.COC(=O)C12CCC(C(=O)N3CCN(C(=O)c4cn5nc(-c6ccc(F)cc6)cc(C(C)(C)C)c5n4)C(C)(C)C3)(CC1)CC2.Cl. The van der Waals surface area contributed by atoms with E-state index in [9.17, 15) is 28.0 Å². The van der Waals surface area contributed by atoms with E-state index in [1.807, 2.05) is 40.7 Å². The molecule has 0 radical (unpaired) electrons. The van der Waals surface area contributed by atoms with E-state index in [0.717, 1.165) is 35.3 Å². The molecule has 75 heavy (non-hydrogen) atoms. The van der Waals surface area contributed by atoms with Crippen molar-refractivity contribution < 1.29 is 32.7 Å². The molecular weight excluding hydrogens is 978 g/mol. The van der Waals surface area contributed by atoms with E-state index >= 15 is 0 Å². The van der Waals surface area contributed by atoms with Crippen molar-refractivity contribution in [2.24, 2.45) is 10.8 Å². The van der Waals surface area contributed by atoms with Gasteiger partial charge in [-0.15, -0.1) is 12.4 Å². The van der Waals surface area contributed by atoms with Crippen molar-refractivity contribution in [3.8, 4) is 22.5 Å². The number of nitrogens with zero attached hydrogens (tertiary/aromatic N) is 9. The van der Waals surface area contributed by atoms with Crippen molar-refractivity contribution in [2.45, 2.75) is 130 Å². The Morgan fingerprint density at radius 2 is 1.04 bits per heavy atom. The second-order valence-corrected chi connectivity index (χ2v) is 24.2. The van der Waals surface area contributed by atoms with Crippen molar-refractivity contribution in [2.75, 3.05) is 46.4 Å². The third kappa shape index (κ3) is 10.5. The molecule has 6 aromatic rings. The summed E-state index contributed by atoms with van der Waals surface area (Å²) in [5, 5.41) is 12.8. The third-order valence-corrected chi connectivity index (χ3v) is 16.0. The molecule has 2 aromatic carbocycles. The number of methoxy groups -OCH3 is 1. The third-order valence-electron chi connectivity index (χ3n) is 16.0. The van der Waals surface area contributed by atoms with Gasteiger partial charge in [0.15, 0.2) is 11.3 Å². The van der Waals surface area contributed by atoms with Crippen LogP contribution in [0, 0.1) is 22.5 Å². The van der Waals surface area contributed by atoms with Gasteiger partial charge >= 0.3 is 5.97 Å². The minimum atomic E-state index is -0.615. The fourth-order valence-electron chi connectivity index (χ4n) is 11.5. The summed E-state index contributed by atoms with van der Waals surface area (Å²) in [4.78, 5) is 68.8. The molecule has 0 spiro atoms. The molecule has 1 N–H and O–H groups in total. The Kier molecular flexibility index (Phi) is 14.6. The first-order chi connectivity index (χ1) is 34.7. The quantitative estimate of drug-likeness (QED) is 0.159. The van der Waals surface area contributed by atoms with E-state index in [1.54, 1.807) is 45.7 Å². The molecule has 0 unspecified atom stereocenters. The number of rotatable bonds is 6. The van der Waals surface area contributed by atoms with Gasteiger partial charge in [0.05, 0.1) is 47.4 Å². The number of halogens is 3. The van der Waals surface area contributed by atoms with Crippen molar-refractivity contribution >= 4 is 47.4 Å². The minimum absolute atomic E-state index is 0. The predicted octanol–water partition coefficient (Wildman–Crippen LogP) is 9.49. The van der Waals surface area contributed by atoms with E-state index in [2.05, 4.69) is 65.8 Å². The smallest absolute Gasteiger partial charge is 0.311 e. The van der Waals surface area contributed by atoms with Gasteiger partial charge in [0.2, 0.25) is 5.91 Å². The van der Waals surface area contributed by atoms with E-state index < -0.39 is 16.4 Å². The molecule has 5 fully saturated rings. The number of hydrogen-bond acceptors (Lipinski definition) is 10. The molecule has 3 aliphatic carbocycles. The number of carbonyl (C=O) groups is 4. The van der Waals surface area contributed by atoms with Crippen LogP contribution in [0.1, 0.15) is 140 Å². The summed E-state index contributed by atoms with van der Waals surface area (Å²) < 4.78 is 35.4. The molecule has 3 saturated carbocycles. The molecule has 4 aromatic heterocycles. The zero-order valence-electron chi connectivity index (χ0n) is 45.1. The fourth-order valence-corrected chi connectivity index (χ4v) is 11.5. The lowest BCUT2D eigenvalue weighted by atomic mass is 9.53. The predicted molar refractivity (Wildman–Crippen MR) is 286 cm³/mol. The zero-order valence-corrected chi connectivity index (χ0v) is 46.0. The van der Waals surface area contributed by atoms with Crippen LogP contribution >= 0.6 is 12.4 Å². The Hall–Kier alpha value is -6.33. The molecule has 2 bridgehead atoms. The van der Waals surface area contributed by atoms with Crippen molar-refractivity contribution in [3.63, 3.8) is 0 Å². The maximum atomic E-state index is 14.0. The van der Waals surface area contributed by atoms with Gasteiger partial charge in [0, 0.05) is 66.9 Å². The first-order valence-electron chi connectivity index (χ1n) is 25.8. The Balaban J connectivity index is 0.000000211. The highest BCUT2D eigenvalue weighted by molar-refractivity contribution is 5.95. The summed E-state index contributed by atoms with van der Waals surface area (Å²) in [6, 6.07) is 16.4. The van der Waals surface area contributed by atoms with Gasteiger partial charge in [-0.3, -0.25) is 19.2 Å². The molecule has 2 aliphatic heterocycles. The average Bonchev–Trinajstić information content (AvgIpc) is 4.00. The average molecular weight is 1050 g/mol. The minimum Gasteiger partial charge on any atom is -0.469 e. The summed E-state index contributed by atoms with van der Waals surface area (Å²) in [5.41, 5.74) is 4.57. The van der Waals surface area contributed by atoms with Gasteiger partial charge in [-0.25, -0.2) is 27.8 Å². The lowest BCUT2D eigenvalue weighted by Crippen LogP contribution is -2.64. The summed E-state index contributed by atoms with van der Waals surface area (Å²) in [6.45, 7) is 24.1. The van der Waals surface area contributed by atoms with Crippen molar-refractivity contribution in [3.05, 3.63) is 107 Å². The summed E-state index contributed by atoms with van der Waals surface area (Å²) in [5.74, 6) is -0.887. The van der Waals surface area contributed by atoms with E-state index in [4.69, 9.17) is 19.8 Å². The fraction of sp³-hybridized carbons (Fsp3) is 0.509. The topological polar surface area (TPSA) is 160 Å². The number of amides is 3. The number of nitrogens with one attached hydrogen (secondary N) is 1. The van der Waals surface area contributed by atoms with Gasteiger partial charge in [-0.1, -0.05) is 41.5 Å².